The van der Waals surface area contributed by atoms with Gasteiger partial charge in [0.1, 0.15) is 5.78 Å². The summed E-state index contributed by atoms with van der Waals surface area (Å²) in [6, 6.07) is 0. The minimum Gasteiger partial charge on any atom is -0.478 e. The van der Waals surface area contributed by atoms with Gasteiger partial charge in [0.25, 0.3) is 0 Å². The van der Waals surface area contributed by atoms with Crippen molar-refractivity contribution in [2.24, 2.45) is 45.3 Å². The third-order valence-electron chi connectivity index (χ3n) is 14.0. The Kier molecular flexibility index (Phi) is 9.45. The molecule has 0 amide bonds. The van der Waals surface area contributed by atoms with Gasteiger partial charge in [-0.15, -0.1) is 0 Å². The molecule has 0 aliphatic heterocycles. The molecular weight excluding hydrogens is 568 g/mol. The first kappa shape index (κ1) is 34.5. The highest BCUT2D eigenvalue weighted by Gasteiger charge is 2.73. The Morgan fingerprint density at radius 1 is 1.04 bits per heavy atom. The molecule has 0 aromatic carbocycles. The maximum Gasteiger partial charge on any atom is 0.331 e. The van der Waals surface area contributed by atoms with Crippen molar-refractivity contribution >= 4 is 17.5 Å². The predicted octanol–water partition coefficient (Wildman–Crippen LogP) is 6.57. The summed E-state index contributed by atoms with van der Waals surface area (Å²) in [6.07, 6.45) is 9.36. The second kappa shape index (κ2) is 12.3. The number of hydrogen-bond donors (Lipinski definition) is 4. The van der Waals surface area contributed by atoms with Crippen molar-refractivity contribution in [2.75, 3.05) is 0 Å². The SMILES string of the molecule is CCCCCC1C(O)C2=C3C(=O)CC4(CCCCCC35CCC(=O)C(C)(C)C15)C(C(C)CC(O)C=C(C)C(=O)O)CC(O)C24C. The monoisotopic (exact) mass is 626 g/mol. The molecule has 252 valence electrons. The molecule has 10 unspecified atom stereocenters. The molecule has 5 aliphatic carbocycles. The van der Waals surface area contributed by atoms with E-state index < -0.39 is 45.9 Å². The number of carboxylic acid groups (broad SMARTS) is 1. The van der Waals surface area contributed by atoms with Crippen molar-refractivity contribution in [3.63, 3.8) is 0 Å². The summed E-state index contributed by atoms with van der Waals surface area (Å²) in [4.78, 5) is 39.9. The van der Waals surface area contributed by atoms with Crippen LogP contribution in [-0.2, 0) is 14.4 Å². The number of ketones is 2. The number of aliphatic carboxylic acids is 1. The molecule has 4 N–H and O–H groups in total. The second-order valence-corrected chi connectivity index (χ2v) is 16.5. The van der Waals surface area contributed by atoms with Crippen LogP contribution in [-0.4, -0.2) is 56.3 Å². The molecule has 7 nitrogen and oxygen atoms in total. The van der Waals surface area contributed by atoms with E-state index in [9.17, 15) is 34.8 Å². The van der Waals surface area contributed by atoms with E-state index in [1.54, 1.807) is 0 Å². The molecule has 0 aromatic rings. The van der Waals surface area contributed by atoms with Gasteiger partial charge in [0.15, 0.2) is 5.78 Å². The molecule has 7 heteroatoms. The molecule has 0 saturated heterocycles. The molecule has 0 aromatic heterocycles. The van der Waals surface area contributed by atoms with Gasteiger partial charge in [-0.25, -0.2) is 4.79 Å². The lowest BCUT2D eigenvalue weighted by atomic mass is 9.38. The fraction of sp³-hybridized carbons (Fsp3) is 0.816. The lowest BCUT2D eigenvalue weighted by molar-refractivity contribution is -0.159. The van der Waals surface area contributed by atoms with Crippen LogP contribution in [0, 0.1) is 45.3 Å². The number of unbranched alkanes of at least 4 members (excludes halogenated alkanes) is 2. The van der Waals surface area contributed by atoms with E-state index in [1.807, 2.05) is 0 Å². The Balaban J connectivity index is 1.69. The summed E-state index contributed by atoms with van der Waals surface area (Å²) in [6.45, 7) is 11.9. The summed E-state index contributed by atoms with van der Waals surface area (Å²) in [7, 11) is 0. The highest BCUT2D eigenvalue weighted by atomic mass is 16.4. The Labute approximate surface area is 269 Å². The van der Waals surface area contributed by atoms with Gasteiger partial charge in [0.2, 0.25) is 0 Å². The van der Waals surface area contributed by atoms with Gasteiger partial charge in [-0.1, -0.05) is 73.1 Å². The number of allylic oxidation sites excluding steroid dienone is 1. The Bertz CT molecular complexity index is 1260. The molecule has 3 saturated carbocycles. The maximum atomic E-state index is 14.9. The van der Waals surface area contributed by atoms with Gasteiger partial charge in [0.05, 0.1) is 18.3 Å². The summed E-state index contributed by atoms with van der Waals surface area (Å²) >= 11 is 0. The molecule has 2 bridgehead atoms. The zero-order chi connectivity index (χ0) is 33.1. The highest BCUT2D eigenvalue weighted by Crippen LogP contribution is 2.75. The summed E-state index contributed by atoms with van der Waals surface area (Å²) in [5, 5.41) is 45.2. The molecule has 5 aliphatic rings. The molecule has 5 rings (SSSR count). The number of aliphatic hydroxyl groups excluding tert-OH is 3. The van der Waals surface area contributed by atoms with E-state index in [-0.39, 0.29) is 40.8 Å². The number of carboxylic acids is 1. The lowest BCUT2D eigenvalue weighted by Gasteiger charge is -2.65. The fourth-order valence-corrected chi connectivity index (χ4v) is 12.0. The topological polar surface area (TPSA) is 132 Å². The van der Waals surface area contributed by atoms with Gasteiger partial charge in [-0.05, 0) is 86.2 Å². The molecule has 0 heterocycles. The number of rotatable bonds is 9. The number of aliphatic hydroxyl groups is 3. The average molecular weight is 627 g/mol. The standard InChI is InChI=1S/C38H58O7/c1-7-8-10-13-25-32(43)31-30-27(40)21-38(16-12-9-11-15-37(30)17-14-28(41)35(4,5)33(25)37)26(20-29(42)36(31,38)6)22(2)18-24(39)19-23(3)34(44)45/h19,22,24-26,29,32-33,39,42-43H,7-18,20-21H2,1-6H3,(H,44,45). The van der Waals surface area contributed by atoms with E-state index in [1.165, 1.54) is 13.0 Å². The Hall–Kier alpha value is -1.83. The Morgan fingerprint density at radius 3 is 2.40 bits per heavy atom. The van der Waals surface area contributed by atoms with Crippen LogP contribution in [0.5, 0.6) is 0 Å². The minimum absolute atomic E-state index is 0.0769. The van der Waals surface area contributed by atoms with E-state index in [2.05, 4.69) is 34.6 Å². The molecule has 45 heavy (non-hydrogen) atoms. The highest BCUT2D eigenvalue weighted by molar-refractivity contribution is 6.01. The minimum atomic E-state index is -1.06. The first-order chi connectivity index (χ1) is 21.1. The van der Waals surface area contributed by atoms with E-state index in [0.717, 1.165) is 68.9 Å². The Morgan fingerprint density at radius 2 is 1.73 bits per heavy atom. The number of hydrogen-bond acceptors (Lipinski definition) is 6. The van der Waals surface area contributed by atoms with Crippen LogP contribution >= 0.6 is 0 Å². The third-order valence-corrected chi connectivity index (χ3v) is 14.0. The van der Waals surface area contributed by atoms with Gasteiger partial charge in [0, 0.05) is 40.2 Å². The van der Waals surface area contributed by atoms with Gasteiger partial charge >= 0.3 is 5.97 Å². The van der Waals surface area contributed by atoms with Crippen molar-refractivity contribution in [1.82, 2.24) is 0 Å². The van der Waals surface area contributed by atoms with Crippen LogP contribution in [0.3, 0.4) is 0 Å². The van der Waals surface area contributed by atoms with Crippen LogP contribution in [0.2, 0.25) is 0 Å². The van der Waals surface area contributed by atoms with E-state index in [0.29, 0.717) is 32.1 Å². The van der Waals surface area contributed by atoms with Crippen molar-refractivity contribution in [3.8, 4) is 0 Å². The maximum absolute atomic E-state index is 14.9. The van der Waals surface area contributed by atoms with Crippen LogP contribution in [0.15, 0.2) is 22.8 Å². The molecule has 10 atom stereocenters. The van der Waals surface area contributed by atoms with Crippen LogP contribution in [0.4, 0.5) is 0 Å². The van der Waals surface area contributed by atoms with E-state index >= 15 is 0 Å². The molecular formula is C38H58O7. The third kappa shape index (κ3) is 5.13. The fourth-order valence-electron chi connectivity index (χ4n) is 12.0. The molecule has 2 spiro atoms. The number of fused-ring (bicyclic) bond motifs is 2. The summed E-state index contributed by atoms with van der Waals surface area (Å²) in [5.74, 6) is -1.18. The average Bonchev–Trinajstić information content (AvgIpc) is 3.19. The van der Waals surface area contributed by atoms with Gasteiger partial charge in [-0.3, -0.25) is 9.59 Å². The first-order valence-corrected chi connectivity index (χ1v) is 17.9. The van der Waals surface area contributed by atoms with E-state index in [4.69, 9.17) is 0 Å². The second-order valence-electron chi connectivity index (χ2n) is 16.5. The smallest absolute Gasteiger partial charge is 0.331 e. The normalized spacial score (nSPS) is 41.0. The van der Waals surface area contributed by atoms with Crippen LogP contribution in [0.1, 0.15) is 131 Å². The first-order valence-electron chi connectivity index (χ1n) is 17.9. The molecule has 3 fully saturated rings. The number of Topliss-reactive ketones (excluding diaryl/α,β-unsaturated/α-hetero) is 2. The van der Waals surface area contributed by atoms with Crippen molar-refractivity contribution in [2.45, 2.75) is 150 Å². The largest absolute Gasteiger partial charge is 0.478 e. The zero-order valence-corrected chi connectivity index (χ0v) is 28.5. The van der Waals surface area contributed by atoms with Gasteiger partial charge < -0.3 is 20.4 Å². The predicted molar refractivity (Wildman–Crippen MR) is 173 cm³/mol. The van der Waals surface area contributed by atoms with Crippen LogP contribution < -0.4 is 0 Å². The van der Waals surface area contributed by atoms with Gasteiger partial charge in [-0.2, -0.15) is 0 Å². The quantitative estimate of drug-likeness (QED) is 0.168. The number of carbonyl (C=O) groups is 3. The summed E-state index contributed by atoms with van der Waals surface area (Å²) in [5.41, 5.74) is -0.877. The van der Waals surface area contributed by atoms with Crippen molar-refractivity contribution in [3.05, 3.63) is 22.8 Å². The van der Waals surface area contributed by atoms with Crippen LogP contribution in [0.25, 0.3) is 0 Å². The molecule has 0 radical (unpaired) electrons. The number of carbonyl (C=O) groups excluding carboxylic acids is 2. The lowest BCUT2D eigenvalue weighted by Crippen LogP contribution is -2.64. The zero-order valence-electron chi connectivity index (χ0n) is 28.5. The van der Waals surface area contributed by atoms with Crippen molar-refractivity contribution in [1.29, 1.82) is 0 Å². The summed E-state index contributed by atoms with van der Waals surface area (Å²) < 4.78 is 0. The van der Waals surface area contributed by atoms with Crippen molar-refractivity contribution < 1.29 is 34.8 Å².